The number of benzene rings is 1. The number of hydrogen-bond donors (Lipinski definition) is 0. The van der Waals surface area contributed by atoms with Crippen LogP contribution in [0.4, 0.5) is 0 Å². The largest absolute Gasteiger partial charge is 0.463 e. The molecule has 2 aliphatic rings. The zero-order chi connectivity index (χ0) is 29.9. The molecule has 0 aliphatic carbocycles. The van der Waals surface area contributed by atoms with Gasteiger partial charge in [-0.3, -0.25) is 19.2 Å². The normalized spacial score (nSPS) is 29.3. The SMILES string of the molecule is CO[C@H]1O[C@H](COCc2ccccc2)[C@@H](S[C@@H]2C=C[C@@H](OC(C)=O)[C@@H](COC(C)=O)O2)[C@H](OC(C)=O)[C@H]1OC(C)=O. The quantitative estimate of drug-likeness (QED) is 0.198. The maximum atomic E-state index is 12.2. The Morgan fingerprint density at radius 2 is 1.44 bits per heavy atom. The van der Waals surface area contributed by atoms with Gasteiger partial charge in [0.1, 0.15) is 24.3 Å². The fourth-order valence-electron chi connectivity index (χ4n) is 4.37. The summed E-state index contributed by atoms with van der Waals surface area (Å²) in [5, 5.41) is -0.667. The molecule has 226 valence electrons. The van der Waals surface area contributed by atoms with Crippen molar-refractivity contribution in [1.82, 2.24) is 0 Å². The van der Waals surface area contributed by atoms with Gasteiger partial charge in [0.2, 0.25) is 0 Å². The highest BCUT2D eigenvalue weighted by Crippen LogP contribution is 2.38. The van der Waals surface area contributed by atoms with Gasteiger partial charge in [-0.2, -0.15) is 0 Å². The maximum Gasteiger partial charge on any atom is 0.303 e. The molecule has 0 bridgehead atoms. The van der Waals surface area contributed by atoms with E-state index in [9.17, 15) is 19.2 Å². The van der Waals surface area contributed by atoms with Crippen LogP contribution >= 0.6 is 11.8 Å². The summed E-state index contributed by atoms with van der Waals surface area (Å²) in [4.78, 5) is 47.2. The molecule has 0 N–H and O–H groups in total. The van der Waals surface area contributed by atoms with Crippen molar-refractivity contribution in [2.24, 2.45) is 0 Å². The standard InChI is InChI=1S/C28H36O12S/c1-16(29)35-15-22-21(36-17(2)30)11-12-24(39-22)41-27-23(14-34-13-20-9-7-6-8-10-20)40-28(33-5)26(38-19(4)32)25(27)37-18(3)31/h6-12,21-28H,13-15H2,1-5H3/t21-,22-,23-,24-,25-,26-,27-,28+/m1/s1. The van der Waals surface area contributed by atoms with Crippen LogP contribution in [0, 0.1) is 0 Å². The van der Waals surface area contributed by atoms with E-state index in [-0.39, 0.29) is 13.2 Å². The van der Waals surface area contributed by atoms with Gasteiger partial charge < -0.3 is 37.9 Å². The van der Waals surface area contributed by atoms with Gasteiger partial charge in [-0.1, -0.05) is 30.3 Å². The number of esters is 4. The molecule has 0 radical (unpaired) electrons. The van der Waals surface area contributed by atoms with E-state index >= 15 is 0 Å². The molecule has 0 aromatic heterocycles. The van der Waals surface area contributed by atoms with Crippen molar-refractivity contribution in [3.8, 4) is 0 Å². The zero-order valence-corrected chi connectivity index (χ0v) is 24.4. The van der Waals surface area contributed by atoms with E-state index in [1.807, 2.05) is 30.3 Å². The molecule has 2 heterocycles. The molecule has 0 saturated carbocycles. The van der Waals surface area contributed by atoms with E-state index < -0.39 is 71.4 Å². The lowest BCUT2D eigenvalue weighted by Gasteiger charge is -2.45. The Bertz CT molecular complexity index is 1060. The summed E-state index contributed by atoms with van der Waals surface area (Å²) in [7, 11) is 1.39. The Balaban J connectivity index is 1.87. The number of rotatable bonds is 12. The molecule has 12 nitrogen and oxygen atoms in total. The summed E-state index contributed by atoms with van der Waals surface area (Å²) in [6.07, 6.45) is -2.08. The average Bonchev–Trinajstić information content (AvgIpc) is 2.91. The van der Waals surface area contributed by atoms with Gasteiger partial charge in [-0.05, 0) is 17.7 Å². The Hall–Kier alpha value is -2.97. The van der Waals surface area contributed by atoms with Crippen molar-refractivity contribution >= 4 is 35.6 Å². The lowest BCUT2D eigenvalue weighted by Crippen LogP contribution is -2.61. The summed E-state index contributed by atoms with van der Waals surface area (Å²) < 4.78 is 45.4. The Labute approximate surface area is 242 Å². The van der Waals surface area contributed by atoms with Crippen LogP contribution in [0.15, 0.2) is 42.5 Å². The molecular formula is C28H36O12S. The van der Waals surface area contributed by atoms with Crippen LogP contribution in [-0.4, -0.2) is 91.7 Å². The molecule has 8 atom stereocenters. The van der Waals surface area contributed by atoms with E-state index in [1.165, 1.54) is 46.6 Å². The minimum absolute atomic E-state index is 0.0837. The molecule has 1 fully saturated rings. The van der Waals surface area contributed by atoms with Crippen LogP contribution in [0.25, 0.3) is 0 Å². The molecule has 41 heavy (non-hydrogen) atoms. The van der Waals surface area contributed by atoms with E-state index in [4.69, 9.17) is 37.9 Å². The van der Waals surface area contributed by atoms with Gasteiger partial charge in [0.25, 0.3) is 0 Å². The van der Waals surface area contributed by atoms with Crippen molar-refractivity contribution in [1.29, 1.82) is 0 Å². The highest BCUT2D eigenvalue weighted by Gasteiger charge is 2.51. The second kappa shape index (κ2) is 15.9. The predicted octanol–water partition coefficient (Wildman–Crippen LogP) is 2.32. The van der Waals surface area contributed by atoms with Gasteiger partial charge in [0, 0.05) is 34.8 Å². The van der Waals surface area contributed by atoms with E-state index in [0.29, 0.717) is 6.61 Å². The lowest BCUT2D eigenvalue weighted by molar-refractivity contribution is -0.270. The number of carbonyl (C=O) groups is 4. The van der Waals surface area contributed by atoms with Crippen LogP contribution < -0.4 is 0 Å². The number of carbonyl (C=O) groups excluding carboxylic acids is 4. The number of ether oxygens (including phenoxy) is 8. The fraction of sp³-hybridized carbons (Fsp3) is 0.571. The highest BCUT2D eigenvalue weighted by molar-refractivity contribution is 8.00. The molecule has 1 saturated heterocycles. The number of hydrogen-bond acceptors (Lipinski definition) is 13. The molecule has 0 amide bonds. The van der Waals surface area contributed by atoms with Gasteiger partial charge in [0.15, 0.2) is 18.5 Å². The zero-order valence-electron chi connectivity index (χ0n) is 23.6. The summed E-state index contributed by atoms with van der Waals surface area (Å²) in [6, 6.07) is 9.55. The molecule has 3 rings (SSSR count). The molecule has 0 spiro atoms. The lowest BCUT2D eigenvalue weighted by atomic mass is 10.0. The van der Waals surface area contributed by atoms with Crippen LogP contribution in [0.2, 0.25) is 0 Å². The van der Waals surface area contributed by atoms with Gasteiger partial charge in [0.05, 0.1) is 24.6 Å². The van der Waals surface area contributed by atoms with Crippen LogP contribution in [0.3, 0.4) is 0 Å². The van der Waals surface area contributed by atoms with Crippen molar-refractivity contribution in [2.75, 3.05) is 20.3 Å². The van der Waals surface area contributed by atoms with E-state index in [0.717, 1.165) is 5.56 Å². The summed E-state index contributed by atoms with van der Waals surface area (Å²) in [5.74, 6) is -2.25. The second-order valence-corrected chi connectivity index (χ2v) is 10.6. The minimum atomic E-state index is -1.08. The maximum absolute atomic E-state index is 12.2. The van der Waals surface area contributed by atoms with Crippen molar-refractivity contribution < 1.29 is 57.1 Å². The van der Waals surface area contributed by atoms with Crippen LogP contribution in [0.5, 0.6) is 0 Å². The fourth-order valence-corrected chi connectivity index (χ4v) is 5.75. The first-order valence-corrected chi connectivity index (χ1v) is 14.0. The number of thioether (sulfide) groups is 1. The molecular weight excluding hydrogens is 560 g/mol. The van der Waals surface area contributed by atoms with Gasteiger partial charge in [-0.25, -0.2) is 0 Å². The topological polar surface area (TPSA) is 142 Å². The van der Waals surface area contributed by atoms with Crippen LogP contribution in [-0.2, 0) is 63.7 Å². The summed E-state index contributed by atoms with van der Waals surface area (Å²) in [6.45, 7) is 5.24. The first kappa shape index (κ1) is 32.5. The highest BCUT2D eigenvalue weighted by atomic mass is 32.2. The van der Waals surface area contributed by atoms with Gasteiger partial charge in [-0.15, -0.1) is 11.8 Å². The Morgan fingerprint density at radius 3 is 2.05 bits per heavy atom. The molecule has 1 aromatic rings. The molecule has 13 heteroatoms. The van der Waals surface area contributed by atoms with Crippen molar-refractivity contribution in [3.63, 3.8) is 0 Å². The van der Waals surface area contributed by atoms with Crippen LogP contribution in [0.1, 0.15) is 33.3 Å². The first-order chi connectivity index (χ1) is 19.6. The van der Waals surface area contributed by atoms with E-state index in [1.54, 1.807) is 12.2 Å². The molecule has 0 unspecified atom stereocenters. The summed E-state index contributed by atoms with van der Waals surface area (Å²) in [5.41, 5.74) is 0.274. The summed E-state index contributed by atoms with van der Waals surface area (Å²) >= 11 is 1.23. The Kier molecular flexibility index (Phi) is 12.6. The third-order valence-electron chi connectivity index (χ3n) is 6.00. The monoisotopic (exact) mass is 596 g/mol. The third-order valence-corrected chi connectivity index (χ3v) is 7.42. The van der Waals surface area contributed by atoms with Gasteiger partial charge >= 0.3 is 23.9 Å². The Morgan fingerprint density at radius 1 is 0.780 bits per heavy atom. The second-order valence-electron chi connectivity index (χ2n) is 9.33. The van der Waals surface area contributed by atoms with Crippen molar-refractivity contribution in [3.05, 3.63) is 48.0 Å². The number of methoxy groups -OCH3 is 1. The minimum Gasteiger partial charge on any atom is -0.463 e. The third kappa shape index (κ3) is 10.1. The molecule has 2 aliphatic heterocycles. The van der Waals surface area contributed by atoms with E-state index in [2.05, 4.69) is 0 Å². The smallest absolute Gasteiger partial charge is 0.303 e. The first-order valence-electron chi connectivity index (χ1n) is 13.0. The van der Waals surface area contributed by atoms with Crippen molar-refractivity contribution in [2.45, 2.75) is 81.8 Å². The predicted molar refractivity (Wildman–Crippen MR) is 144 cm³/mol. The molecule has 1 aromatic carbocycles. The average molecular weight is 597 g/mol.